The first kappa shape index (κ1) is 16.0. The molecular weight excluding hydrogens is 328 g/mol. The van der Waals surface area contributed by atoms with Gasteiger partial charge in [-0.05, 0) is 24.3 Å². The van der Waals surface area contributed by atoms with Crippen molar-refractivity contribution in [1.82, 2.24) is 14.9 Å². The van der Waals surface area contributed by atoms with E-state index in [0.29, 0.717) is 10.8 Å². The second-order valence-electron chi connectivity index (χ2n) is 5.08. The largest absolute Gasteiger partial charge is 0.497 e. The van der Waals surface area contributed by atoms with Gasteiger partial charge in [0.2, 0.25) is 5.91 Å². The summed E-state index contributed by atoms with van der Waals surface area (Å²) in [5.41, 5.74) is 1.38. The van der Waals surface area contributed by atoms with Gasteiger partial charge in [0.15, 0.2) is 5.13 Å². The quantitative estimate of drug-likeness (QED) is 0.741. The summed E-state index contributed by atoms with van der Waals surface area (Å²) in [6.45, 7) is -0.122. The van der Waals surface area contributed by atoms with E-state index in [1.807, 2.05) is 18.2 Å². The fourth-order valence-corrected chi connectivity index (χ4v) is 2.92. The number of hydrogen-bond acceptors (Lipinski definition) is 5. The van der Waals surface area contributed by atoms with Crippen LogP contribution in [-0.2, 0) is 11.8 Å². The van der Waals surface area contributed by atoms with Crippen LogP contribution in [0, 0.1) is 0 Å². The molecule has 124 valence electrons. The highest BCUT2D eigenvalue weighted by molar-refractivity contribution is 7.13. The summed E-state index contributed by atoms with van der Waals surface area (Å²) in [6, 6.07) is 7.36. The number of aromatic nitrogens is 2. The van der Waals surface area contributed by atoms with Crippen molar-refractivity contribution in [3.8, 4) is 5.75 Å². The van der Waals surface area contributed by atoms with Crippen LogP contribution in [-0.4, -0.2) is 35.0 Å². The molecule has 24 heavy (non-hydrogen) atoms. The van der Waals surface area contributed by atoms with Gasteiger partial charge in [0.05, 0.1) is 13.7 Å². The molecule has 0 unspecified atom stereocenters. The van der Waals surface area contributed by atoms with Crippen LogP contribution in [0.1, 0.15) is 10.5 Å². The predicted octanol–water partition coefficient (Wildman–Crippen LogP) is 2.01. The van der Waals surface area contributed by atoms with Crippen LogP contribution in [0.15, 0.2) is 35.8 Å². The Hall–Kier alpha value is -2.87. The summed E-state index contributed by atoms with van der Waals surface area (Å²) >= 11 is 1.32. The van der Waals surface area contributed by atoms with Gasteiger partial charge in [0.25, 0.3) is 5.91 Å². The number of carbonyl (C=O) groups excluding carboxylic acids is 2. The Balaban J connectivity index is 1.69. The number of methoxy groups -OCH3 is 1. The van der Waals surface area contributed by atoms with Crippen LogP contribution in [0.3, 0.4) is 0 Å². The smallest absolute Gasteiger partial charge is 0.268 e. The minimum absolute atomic E-state index is 0.122. The van der Waals surface area contributed by atoms with E-state index >= 15 is 0 Å². The highest BCUT2D eigenvalue weighted by Crippen LogP contribution is 2.23. The molecule has 8 heteroatoms. The Morgan fingerprint density at radius 2 is 2.17 bits per heavy atom. The van der Waals surface area contributed by atoms with E-state index in [1.165, 1.54) is 11.3 Å². The van der Waals surface area contributed by atoms with Gasteiger partial charge in [-0.15, -0.1) is 11.3 Å². The number of hydrogen-bond donors (Lipinski definition) is 2. The molecule has 7 nitrogen and oxygen atoms in total. The van der Waals surface area contributed by atoms with E-state index < -0.39 is 0 Å². The Labute approximate surface area is 142 Å². The van der Waals surface area contributed by atoms with Crippen LogP contribution in [0.2, 0.25) is 0 Å². The van der Waals surface area contributed by atoms with E-state index in [-0.39, 0.29) is 18.4 Å². The normalized spacial score (nSPS) is 10.6. The van der Waals surface area contributed by atoms with Gasteiger partial charge in [-0.1, -0.05) is 0 Å². The lowest BCUT2D eigenvalue weighted by Crippen LogP contribution is -2.33. The summed E-state index contributed by atoms with van der Waals surface area (Å²) in [4.78, 5) is 28.1. The monoisotopic (exact) mass is 344 g/mol. The lowest BCUT2D eigenvalue weighted by molar-refractivity contribution is -0.115. The van der Waals surface area contributed by atoms with Gasteiger partial charge >= 0.3 is 0 Å². The van der Waals surface area contributed by atoms with E-state index in [4.69, 9.17) is 4.74 Å². The molecule has 3 aromatic rings. The summed E-state index contributed by atoms with van der Waals surface area (Å²) in [5.74, 6) is 0.0866. The molecule has 2 aromatic heterocycles. The van der Waals surface area contributed by atoms with Crippen LogP contribution in [0.4, 0.5) is 5.13 Å². The maximum Gasteiger partial charge on any atom is 0.268 e. The minimum atomic E-state index is -0.321. The molecule has 0 bridgehead atoms. The highest BCUT2D eigenvalue weighted by atomic mass is 32.1. The number of thiazole rings is 1. The lowest BCUT2D eigenvalue weighted by Gasteiger charge is -2.06. The maximum atomic E-state index is 12.3. The molecule has 0 spiro atoms. The van der Waals surface area contributed by atoms with Crippen LogP contribution in [0.5, 0.6) is 5.75 Å². The zero-order valence-electron chi connectivity index (χ0n) is 13.2. The fourth-order valence-electron chi connectivity index (χ4n) is 2.37. The van der Waals surface area contributed by atoms with Crippen molar-refractivity contribution in [2.24, 2.45) is 7.05 Å². The maximum absolute atomic E-state index is 12.3. The first-order valence-corrected chi connectivity index (χ1v) is 8.07. The van der Waals surface area contributed by atoms with Gasteiger partial charge in [-0.3, -0.25) is 9.59 Å². The van der Waals surface area contributed by atoms with Crippen molar-refractivity contribution in [1.29, 1.82) is 0 Å². The third-order valence-corrected chi connectivity index (χ3v) is 4.26. The van der Waals surface area contributed by atoms with Gasteiger partial charge in [0, 0.05) is 29.5 Å². The summed E-state index contributed by atoms with van der Waals surface area (Å²) in [5, 5.41) is 8.40. The van der Waals surface area contributed by atoms with Gasteiger partial charge in [0.1, 0.15) is 11.4 Å². The van der Waals surface area contributed by atoms with Crippen LogP contribution < -0.4 is 15.4 Å². The third kappa shape index (κ3) is 3.23. The van der Waals surface area contributed by atoms with Crippen molar-refractivity contribution >= 4 is 39.2 Å². The Kier molecular flexibility index (Phi) is 4.48. The average Bonchev–Trinajstić information content (AvgIpc) is 3.20. The van der Waals surface area contributed by atoms with Gasteiger partial charge in [-0.2, -0.15) is 0 Å². The number of carbonyl (C=O) groups is 2. The number of rotatable bonds is 5. The molecule has 0 aliphatic rings. The Morgan fingerprint density at radius 3 is 2.88 bits per heavy atom. The second kappa shape index (κ2) is 6.71. The highest BCUT2D eigenvalue weighted by Gasteiger charge is 2.15. The summed E-state index contributed by atoms with van der Waals surface area (Å²) < 4.78 is 6.97. The van der Waals surface area contributed by atoms with Crippen LogP contribution in [0.25, 0.3) is 10.9 Å². The van der Waals surface area contributed by atoms with Gasteiger partial charge < -0.3 is 19.9 Å². The molecule has 2 amide bonds. The fraction of sp³-hybridized carbons (Fsp3) is 0.188. The minimum Gasteiger partial charge on any atom is -0.497 e. The van der Waals surface area contributed by atoms with Crippen molar-refractivity contribution in [2.75, 3.05) is 19.0 Å². The van der Waals surface area contributed by atoms with Crippen molar-refractivity contribution in [3.63, 3.8) is 0 Å². The molecule has 2 N–H and O–H groups in total. The Bertz CT molecular complexity index is 886. The average molecular weight is 344 g/mol. The first-order valence-electron chi connectivity index (χ1n) is 7.19. The molecule has 3 rings (SSSR count). The SMILES string of the molecule is COc1ccc2c(c1)cc(C(=O)NCC(=O)Nc1nccs1)n2C. The molecule has 0 radical (unpaired) electrons. The van der Waals surface area contributed by atoms with Crippen molar-refractivity contribution < 1.29 is 14.3 Å². The van der Waals surface area contributed by atoms with E-state index in [0.717, 1.165) is 16.7 Å². The number of nitrogens with one attached hydrogen (secondary N) is 2. The van der Waals surface area contributed by atoms with Crippen molar-refractivity contribution in [2.45, 2.75) is 0 Å². The molecule has 0 saturated carbocycles. The molecule has 0 fully saturated rings. The third-order valence-electron chi connectivity index (χ3n) is 3.57. The Morgan fingerprint density at radius 1 is 1.33 bits per heavy atom. The standard InChI is InChI=1S/C16H16N4O3S/c1-20-12-4-3-11(23-2)7-10(12)8-13(20)15(22)18-9-14(21)19-16-17-5-6-24-16/h3-8H,9H2,1-2H3,(H,18,22)(H,17,19,21). The van der Waals surface area contributed by atoms with Gasteiger partial charge in [-0.25, -0.2) is 4.98 Å². The van der Waals surface area contributed by atoms with Crippen molar-refractivity contribution in [3.05, 3.63) is 41.5 Å². The number of ether oxygens (including phenoxy) is 1. The molecule has 0 saturated heterocycles. The number of amides is 2. The summed E-state index contributed by atoms with van der Waals surface area (Å²) in [6.07, 6.45) is 1.60. The zero-order chi connectivity index (χ0) is 17.1. The second-order valence-corrected chi connectivity index (χ2v) is 5.98. The molecule has 0 aliphatic carbocycles. The number of aryl methyl sites for hydroxylation is 1. The molecular formula is C16H16N4O3S. The molecule has 0 aliphatic heterocycles. The molecule has 2 heterocycles. The number of benzene rings is 1. The topological polar surface area (TPSA) is 85.2 Å². The van der Waals surface area contributed by atoms with E-state index in [9.17, 15) is 9.59 Å². The molecule has 1 aromatic carbocycles. The predicted molar refractivity (Wildman–Crippen MR) is 92.5 cm³/mol. The molecule has 0 atom stereocenters. The number of nitrogens with zero attached hydrogens (tertiary/aromatic N) is 2. The number of fused-ring (bicyclic) bond motifs is 1. The first-order chi connectivity index (χ1) is 11.6. The van der Waals surface area contributed by atoms with Crippen LogP contribution >= 0.6 is 11.3 Å². The summed E-state index contributed by atoms with van der Waals surface area (Å²) in [7, 11) is 3.40. The lowest BCUT2D eigenvalue weighted by atomic mass is 10.2. The van der Waals surface area contributed by atoms with E-state index in [1.54, 1.807) is 36.4 Å². The number of anilines is 1. The zero-order valence-corrected chi connectivity index (χ0v) is 14.0. The van der Waals surface area contributed by atoms with E-state index in [2.05, 4.69) is 15.6 Å².